The van der Waals surface area contributed by atoms with Gasteiger partial charge in [0, 0.05) is 27.8 Å². The highest BCUT2D eigenvalue weighted by molar-refractivity contribution is 7.92. The van der Waals surface area contributed by atoms with Crippen LogP contribution in [0.2, 0.25) is 0 Å². The van der Waals surface area contributed by atoms with Gasteiger partial charge in [-0.1, -0.05) is 170 Å². The van der Waals surface area contributed by atoms with Crippen LogP contribution in [-0.4, -0.2) is 23.9 Å². The van der Waals surface area contributed by atoms with Crippen molar-refractivity contribution in [2.45, 2.75) is 28.5 Å². The van der Waals surface area contributed by atoms with Crippen LogP contribution in [0.15, 0.2) is 210 Å². The number of aliphatic imine (C=N–C) groups is 1. The summed E-state index contributed by atoms with van der Waals surface area (Å²) >= 11 is 0. The molecule has 2 aliphatic heterocycles. The number of benzene rings is 7. The van der Waals surface area contributed by atoms with E-state index >= 15 is 0 Å². The number of hydrogen-bond donors (Lipinski definition) is 0. The largest absolute Gasteiger partial charge is 0.309 e. The lowest BCUT2D eigenvalue weighted by molar-refractivity contribution is 0.592. The number of rotatable bonds is 6. The molecule has 3 unspecified atom stereocenters. The zero-order valence-electron chi connectivity index (χ0n) is 31.6. The van der Waals surface area contributed by atoms with Crippen molar-refractivity contribution in [1.82, 2.24) is 4.57 Å². The van der Waals surface area contributed by atoms with Crippen LogP contribution in [0.5, 0.6) is 0 Å². The maximum absolute atomic E-state index is 14.2. The van der Waals surface area contributed by atoms with Crippen LogP contribution in [0, 0.1) is 0 Å². The molecule has 3 heterocycles. The lowest BCUT2D eigenvalue weighted by atomic mass is 9.86. The summed E-state index contributed by atoms with van der Waals surface area (Å²) in [5.41, 5.74) is 13.6. The van der Waals surface area contributed by atoms with Crippen LogP contribution in [-0.2, 0) is 9.84 Å². The van der Waals surface area contributed by atoms with Gasteiger partial charge in [-0.25, -0.2) is 8.42 Å². The number of sulfone groups is 1. The Labute approximate surface area is 338 Å². The van der Waals surface area contributed by atoms with Crippen LogP contribution in [0.25, 0.3) is 55.3 Å². The molecule has 4 nitrogen and oxygen atoms in total. The quantitative estimate of drug-likeness (QED) is 0.169. The Hall–Kier alpha value is -6.82. The average molecular weight is 767 g/mol. The standard InChI is InChI=1S/C53H38N2O2S/c56-58(57)52-29-14-11-24-43(52)45-26-15-25-44(53(45)58)41-22-9-12-27-49(41)55-50-28-13-10-23-42(50)46-32-37(30-31-51(46)55)39-20-7-8-21-40(39)48-34-38(35-16-3-1-4-17-35)33-47(54-48)36-18-5-2-6-19-36/h1-33,43,48,52H,34H2. The summed E-state index contributed by atoms with van der Waals surface area (Å²) < 4.78 is 30.8. The monoisotopic (exact) mass is 766 g/mol. The van der Waals surface area contributed by atoms with Crippen molar-refractivity contribution in [3.05, 3.63) is 222 Å². The van der Waals surface area contributed by atoms with E-state index in [-0.39, 0.29) is 12.0 Å². The molecule has 0 bridgehead atoms. The maximum atomic E-state index is 14.2. The van der Waals surface area contributed by atoms with Crippen LogP contribution in [0.1, 0.15) is 40.6 Å². The van der Waals surface area contributed by atoms with E-state index in [0.717, 1.165) is 73.0 Å². The van der Waals surface area contributed by atoms with E-state index in [0.29, 0.717) is 4.90 Å². The third-order valence-electron chi connectivity index (χ3n) is 12.1. The molecule has 1 aliphatic carbocycles. The molecule has 0 saturated carbocycles. The lowest BCUT2D eigenvalue weighted by Crippen LogP contribution is -2.19. The van der Waals surface area contributed by atoms with Crippen molar-refractivity contribution in [3.63, 3.8) is 0 Å². The first-order chi connectivity index (χ1) is 28.5. The summed E-state index contributed by atoms with van der Waals surface area (Å²) in [5.74, 6) is -0.183. The molecule has 3 atom stereocenters. The summed E-state index contributed by atoms with van der Waals surface area (Å²) in [7, 11) is -3.60. The Morgan fingerprint density at radius 2 is 1.19 bits per heavy atom. The second-order valence-corrected chi connectivity index (χ2v) is 17.4. The van der Waals surface area contributed by atoms with Crippen molar-refractivity contribution >= 4 is 42.9 Å². The van der Waals surface area contributed by atoms with Crippen molar-refractivity contribution in [3.8, 4) is 27.9 Å². The molecule has 1 aromatic heterocycles. The first kappa shape index (κ1) is 34.4. The summed E-state index contributed by atoms with van der Waals surface area (Å²) in [5, 5.41) is 1.68. The molecule has 0 N–H and O–H groups in total. The Morgan fingerprint density at radius 1 is 0.534 bits per heavy atom. The zero-order chi connectivity index (χ0) is 38.8. The van der Waals surface area contributed by atoms with E-state index in [2.05, 4.69) is 144 Å². The summed E-state index contributed by atoms with van der Waals surface area (Å²) in [6, 6.07) is 59.2. The Kier molecular flexibility index (Phi) is 8.12. The predicted molar refractivity (Wildman–Crippen MR) is 238 cm³/mol. The number of dihydropyridines is 1. The predicted octanol–water partition coefficient (Wildman–Crippen LogP) is 12.5. The molecule has 11 rings (SSSR count). The number of allylic oxidation sites excluding steroid dienone is 4. The van der Waals surface area contributed by atoms with Gasteiger partial charge in [-0.05, 0) is 75.7 Å². The molecule has 0 amide bonds. The van der Waals surface area contributed by atoms with E-state index in [9.17, 15) is 8.42 Å². The second kappa shape index (κ2) is 13.7. The molecular formula is C53H38N2O2S. The van der Waals surface area contributed by atoms with Gasteiger partial charge >= 0.3 is 0 Å². The van der Waals surface area contributed by atoms with Gasteiger partial charge in [0.05, 0.1) is 38.6 Å². The molecule has 0 saturated heterocycles. The molecule has 58 heavy (non-hydrogen) atoms. The molecular weight excluding hydrogens is 729 g/mol. The van der Waals surface area contributed by atoms with E-state index in [1.165, 1.54) is 16.7 Å². The minimum Gasteiger partial charge on any atom is -0.309 e. The van der Waals surface area contributed by atoms with Crippen molar-refractivity contribution in [1.29, 1.82) is 0 Å². The normalized spacial score (nSPS) is 19.1. The van der Waals surface area contributed by atoms with E-state index in [1.807, 2.05) is 60.7 Å². The molecule has 5 heteroatoms. The highest BCUT2D eigenvalue weighted by atomic mass is 32.2. The average Bonchev–Trinajstić information content (AvgIpc) is 3.74. The fraction of sp³-hybridized carbons (Fsp3) is 0.0755. The van der Waals surface area contributed by atoms with Gasteiger partial charge in [-0.2, -0.15) is 0 Å². The Morgan fingerprint density at radius 3 is 2.03 bits per heavy atom. The third kappa shape index (κ3) is 5.49. The first-order valence-electron chi connectivity index (χ1n) is 19.9. The number of fused-ring (bicyclic) bond motifs is 6. The van der Waals surface area contributed by atoms with Crippen molar-refractivity contribution in [2.24, 2.45) is 4.99 Å². The van der Waals surface area contributed by atoms with E-state index in [1.54, 1.807) is 0 Å². The fourth-order valence-electron chi connectivity index (χ4n) is 9.48. The molecule has 7 aromatic carbocycles. The topological polar surface area (TPSA) is 51.4 Å². The van der Waals surface area contributed by atoms with Crippen LogP contribution < -0.4 is 0 Å². The smallest absolute Gasteiger partial charge is 0.186 e. The summed E-state index contributed by atoms with van der Waals surface area (Å²) in [4.78, 5) is 5.87. The van der Waals surface area contributed by atoms with Crippen molar-refractivity contribution in [2.75, 3.05) is 0 Å². The van der Waals surface area contributed by atoms with Gasteiger partial charge in [0.1, 0.15) is 0 Å². The number of aromatic nitrogens is 1. The Bertz CT molecular complexity index is 3170. The second-order valence-electron chi connectivity index (χ2n) is 15.4. The SMILES string of the molecule is O=S1(=O)c2c(-c3ccccc3-n3c4ccccc4c4cc(-c5ccccc5C5CC(c6ccccc6)=CC(c6ccccc6)=N5)ccc43)cccc2C2C=CC=CC21. The number of hydrogen-bond acceptors (Lipinski definition) is 3. The minimum atomic E-state index is -3.60. The van der Waals surface area contributed by atoms with Gasteiger partial charge in [-0.3, -0.25) is 4.99 Å². The molecule has 0 spiro atoms. The van der Waals surface area contributed by atoms with Crippen LogP contribution in [0.3, 0.4) is 0 Å². The third-order valence-corrected chi connectivity index (χ3v) is 14.3. The fourth-order valence-corrected chi connectivity index (χ4v) is 11.7. The van der Waals surface area contributed by atoms with Crippen LogP contribution >= 0.6 is 0 Å². The summed E-state index contributed by atoms with van der Waals surface area (Å²) in [6.07, 6.45) is 10.7. The maximum Gasteiger partial charge on any atom is 0.186 e. The number of nitrogens with zero attached hydrogens (tertiary/aromatic N) is 2. The van der Waals surface area contributed by atoms with Crippen LogP contribution in [0.4, 0.5) is 0 Å². The molecule has 0 fully saturated rings. The highest BCUT2D eigenvalue weighted by Gasteiger charge is 2.44. The molecule has 0 radical (unpaired) electrons. The van der Waals surface area contributed by atoms with Gasteiger partial charge in [0.2, 0.25) is 0 Å². The highest BCUT2D eigenvalue weighted by Crippen LogP contribution is 2.49. The van der Waals surface area contributed by atoms with Crippen molar-refractivity contribution < 1.29 is 8.42 Å². The van der Waals surface area contributed by atoms with E-state index < -0.39 is 15.1 Å². The van der Waals surface area contributed by atoms with Gasteiger partial charge in [-0.15, -0.1) is 0 Å². The molecule has 8 aromatic rings. The Balaban J connectivity index is 1.06. The van der Waals surface area contributed by atoms with Gasteiger partial charge in [0.25, 0.3) is 0 Å². The zero-order valence-corrected chi connectivity index (χ0v) is 32.4. The molecule has 278 valence electrons. The summed E-state index contributed by atoms with van der Waals surface area (Å²) in [6.45, 7) is 0. The molecule has 3 aliphatic rings. The minimum absolute atomic E-state index is 0.0748. The van der Waals surface area contributed by atoms with Gasteiger partial charge in [0.15, 0.2) is 9.84 Å². The lowest BCUT2D eigenvalue weighted by Gasteiger charge is -2.24. The van der Waals surface area contributed by atoms with E-state index in [4.69, 9.17) is 4.99 Å². The van der Waals surface area contributed by atoms with Gasteiger partial charge < -0.3 is 4.57 Å². The first-order valence-corrected chi connectivity index (χ1v) is 21.4. The number of para-hydroxylation sites is 2.